The van der Waals surface area contributed by atoms with Gasteiger partial charge in [0.2, 0.25) is 0 Å². The van der Waals surface area contributed by atoms with Crippen molar-refractivity contribution >= 4 is 0 Å². The second-order valence-corrected chi connectivity index (χ2v) is 4.19. The van der Waals surface area contributed by atoms with Crippen molar-refractivity contribution in [3.05, 3.63) is 0 Å². The van der Waals surface area contributed by atoms with Crippen molar-refractivity contribution < 1.29 is 0 Å². The van der Waals surface area contributed by atoms with Crippen LogP contribution in [0.3, 0.4) is 0 Å². The smallest absolute Gasteiger partial charge is 0.00301 e. The number of nitrogens with zero attached hydrogens (tertiary/aromatic N) is 1. The number of likely N-dealkylation sites (tertiary alicyclic amines) is 1. The van der Waals surface area contributed by atoms with Crippen molar-refractivity contribution in [1.82, 2.24) is 4.90 Å². The molecule has 1 aliphatic heterocycles. The van der Waals surface area contributed by atoms with E-state index in [1.54, 1.807) is 0 Å². The van der Waals surface area contributed by atoms with Gasteiger partial charge in [0.15, 0.2) is 0 Å². The van der Waals surface area contributed by atoms with Crippen LogP contribution in [0.25, 0.3) is 0 Å². The van der Waals surface area contributed by atoms with Gasteiger partial charge in [0, 0.05) is 6.54 Å². The first-order valence-electron chi connectivity index (χ1n) is 3.80. The zero-order valence-electron chi connectivity index (χ0n) is 6.78. The number of hydrogen-bond acceptors (Lipinski definition) is 1. The molecule has 1 aliphatic rings. The van der Waals surface area contributed by atoms with Gasteiger partial charge in [-0.15, -0.1) is 0 Å². The van der Waals surface area contributed by atoms with E-state index in [0.717, 1.165) is 0 Å². The zero-order chi connectivity index (χ0) is 6.91. The lowest BCUT2D eigenvalue weighted by Crippen LogP contribution is -2.42. The summed E-state index contributed by atoms with van der Waals surface area (Å²) < 4.78 is 0. The molecule has 1 heteroatoms. The van der Waals surface area contributed by atoms with Crippen LogP contribution in [0.5, 0.6) is 0 Å². The number of rotatable bonds is 1. The SMILES string of the molecule is CC(C)(C)CN1CCC1. The van der Waals surface area contributed by atoms with Crippen molar-refractivity contribution in [3.63, 3.8) is 0 Å². The minimum Gasteiger partial charge on any atom is -0.303 e. The van der Waals surface area contributed by atoms with Crippen molar-refractivity contribution in [3.8, 4) is 0 Å². The second-order valence-electron chi connectivity index (χ2n) is 4.19. The lowest BCUT2D eigenvalue weighted by atomic mass is 9.95. The predicted octanol–water partition coefficient (Wildman–Crippen LogP) is 1.74. The Morgan fingerprint density at radius 1 is 1.22 bits per heavy atom. The molecule has 54 valence electrons. The van der Waals surface area contributed by atoms with Gasteiger partial charge in [-0.2, -0.15) is 0 Å². The fourth-order valence-electron chi connectivity index (χ4n) is 1.21. The van der Waals surface area contributed by atoms with Gasteiger partial charge in [-0.1, -0.05) is 20.8 Å². The summed E-state index contributed by atoms with van der Waals surface area (Å²) in [6.07, 6.45) is 1.41. The lowest BCUT2D eigenvalue weighted by Gasteiger charge is -2.36. The van der Waals surface area contributed by atoms with E-state index in [1.165, 1.54) is 26.1 Å². The maximum atomic E-state index is 2.51. The predicted molar refractivity (Wildman–Crippen MR) is 40.5 cm³/mol. The summed E-state index contributed by atoms with van der Waals surface area (Å²) in [5.74, 6) is 0. The lowest BCUT2D eigenvalue weighted by molar-refractivity contribution is 0.125. The topological polar surface area (TPSA) is 3.24 Å². The molecule has 1 rings (SSSR count). The van der Waals surface area contributed by atoms with Crippen LogP contribution in [0.1, 0.15) is 27.2 Å². The molecule has 0 radical (unpaired) electrons. The summed E-state index contributed by atoms with van der Waals surface area (Å²) in [6.45, 7) is 10.8. The quantitative estimate of drug-likeness (QED) is 0.518. The third-order valence-corrected chi connectivity index (χ3v) is 1.65. The first-order chi connectivity index (χ1) is 4.08. The van der Waals surface area contributed by atoms with Crippen LogP contribution < -0.4 is 0 Å². The van der Waals surface area contributed by atoms with Crippen LogP contribution in [0.15, 0.2) is 0 Å². The molecule has 0 aromatic carbocycles. The van der Waals surface area contributed by atoms with E-state index in [2.05, 4.69) is 25.7 Å². The first kappa shape index (κ1) is 7.07. The molecule has 1 saturated heterocycles. The number of hydrogen-bond donors (Lipinski definition) is 0. The van der Waals surface area contributed by atoms with E-state index in [0.29, 0.717) is 5.41 Å². The first-order valence-corrected chi connectivity index (χ1v) is 3.80. The van der Waals surface area contributed by atoms with Gasteiger partial charge in [-0.3, -0.25) is 0 Å². The summed E-state index contributed by atoms with van der Waals surface area (Å²) in [5, 5.41) is 0. The maximum Gasteiger partial charge on any atom is 0.00301 e. The Hall–Kier alpha value is -0.0400. The molecule has 0 aromatic rings. The van der Waals surface area contributed by atoms with Gasteiger partial charge in [0.05, 0.1) is 0 Å². The minimum atomic E-state index is 0.500. The molecule has 0 bridgehead atoms. The second kappa shape index (κ2) is 2.30. The van der Waals surface area contributed by atoms with Gasteiger partial charge in [0.25, 0.3) is 0 Å². The monoisotopic (exact) mass is 127 g/mol. The maximum absolute atomic E-state index is 2.51. The largest absolute Gasteiger partial charge is 0.303 e. The molecule has 0 spiro atoms. The molecule has 0 atom stereocenters. The van der Waals surface area contributed by atoms with E-state index in [4.69, 9.17) is 0 Å². The Labute approximate surface area is 58.0 Å². The van der Waals surface area contributed by atoms with E-state index < -0.39 is 0 Å². The van der Waals surface area contributed by atoms with E-state index in [1.807, 2.05) is 0 Å². The van der Waals surface area contributed by atoms with Gasteiger partial charge in [-0.05, 0) is 24.9 Å². The molecule has 0 N–H and O–H groups in total. The molecule has 1 fully saturated rings. The van der Waals surface area contributed by atoms with Crippen LogP contribution in [-0.4, -0.2) is 24.5 Å². The molecule has 0 amide bonds. The third kappa shape index (κ3) is 2.35. The van der Waals surface area contributed by atoms with Gasteiger partial charge >= 0.3 is 0 Å². The normalized spacial score (nSPS) is 21.7. The fourth-order valence-corrected chi connectivity index (χ4v) is 1.21. The molecule has 9 heavy (non-hydrogen) atoms. The highest BCUT2D eigenvalue weighted by Crippen LogP contribution is 2.18. The molecule has 0 unspecified atom stereocenters. The van der Waals surface area contributed by atoms with Crippen LogP contribution in [0.4, 0.5) is 0 Å². The Morgan fingerprint density at radius 3 is 1.89 bits per heavy atom. The molecule has 1 nitrogen and oxygen atoms in total. The van der Waals surface area contributed by atoms with E-state index in [-0.39, 0.29) is 0 Å². The fraction of sp³-hybridized carbons (Fsp3) is 1.00. The highest BCUT2D eigenvalue weighted by atomic mass is 15.2. The van der Waals surface area contributed by atoms with Crippen molar-refractivity contribution in [1.29, 1.82) is 0 Å². The third-order valence-electron chi connectivity index (χ3n) is 1.65. The van der Waals surface area contributed by atoms with Crippen molar-refractivity contribution in [2.24, 2.45) is 5.41 Å². The summed E-state index contributed by atoms with van der Waals surface area (Å²) >= 11 is 0. The summed E-state index contributed by atoms with van der Waals surface area (Å²) in [5.41, 5.74) is 0.500. The molecular weight excluding hydrogens is 110 g/mol. The zero-order valence-corrected chi connectivity index (χ0v) is 6.78. The summed E-state index contributed by atoms with van der Waals surface area (Å²) in [6, 6.07) is 0. The molecule has 1 heterocycles. The molecular formula is C8H17N. The van der Waals surface area contributed by atoms with Gasteiger partial charge in [0.1, 0.15) is 0 Å². The summed E-state index contributed by atoms with van der Waals surface area (Å²) in [7, 11) is 0. The Bertz CT molecular complexity index is 87.2. The van der Waals surface area contributed by atoms with E-state index >= 15 is 0 Å². The highest BCUT2D eigenvalue weighted by Gasteiger charge is 2.20. The van der Waals surface area contributed by atoms with Crippen molar-refractivity contribution in [2.75, 3.05) is 19.6 Å². The highest BCUT2D eigenvalue weighted by molar-refractivity contribution is 4.74. The van der Waals surface area contributed by atoms with Gasteiger partial charge in [-0.25, -0.2) is 0 Å². The van der Waals surface area contributed by atoms with Crippen LogP contribution in [-0.2, 0) is 0 Å². The average Bonchev–Trinajstić information content (AvgIpc) is 1.53. The van der Waals surface area contributed by atoms with Gasteiger partial charge < -0.3 is 4.90 Å². The Balaban J connectivity index is 2.16. The molecule has 0 aromatic heterocycles. The molecule has 0 saturated carbocycles. The Morgan fingerprint density at radius 2 is 1.78 bits per heavy atom. The average molecular weight is 127 g/mol. The summed E-state index contributed by atoms with van der Waals surface area (Å²) in [4.78, 5) is 2.51. The molecule has 0 aliphatic carbocycles. The van der Waals surface area contributed by atoms with Crippen LogP contribution >= 0.6 is 0 Å². The standard InChI is InChI=1S/C8H17N/c1-8(2,3)7-9-5-4-6-9/h4-7H2,1-3H3. The van der Waals surface area contributed by atoms with Crippen LogP contribution in [0.2, 0.25) is 0 Å². The van der Waals surface area contributed by atoms with Crippen molar-refractivity contribution in [2.45, 2.75) is 27.2 Å². The minimum absolute atomic E-state index is 0.500. The van der Waals surface area contributed by atoms with E-state index in [9.17, 15) is 0 Å². The Kier molecular flexibility index (Phi) is 1.80. The van der Waals surface area contributed by atoms with Crippen LogP contribution in [0, 0.1) is 5.41 Å².